The maximum Gasteiger partial charge on any atom is 0.335 e. The monoisotopic (exact) mass is 366 g/mol. The summed E-state index contributed by atoms with van der Waals surface area (Å²) in [6.45, 7) is 4.05. The summed E-state index contributed by atoms with van der Waals surface area (Å²) >= 11 is 0. The van der Waals surface area contributed by atoms with E-state index in [1.165, 1.54) is 7.11 Å². The topological polar surface area (TPSA) is 55.0 Å². The molecule has 4 heteroatoms. The summed E-state index contributed by atoms with van der Waals surface area (Å²) in [5.41, 5.74) is 3.76. The van der Waals surface area contributed by atoms with Crippen molar-refractivity contribution in [2.45, 2.75) is 6.04 Å². The predicted octanol–water partition coefficient (Wildman–Crippen LogP) is 4.98. The molecule has 1 unspecified atom stereocenters. The highest BCUT2D eigenvalue weighted by Gasteiger charge is 2.26. The number of methoxy groups -OCH3 is 1. The zero-order valence-corrected chi connectivity index (χ0v) is 15.4. The summed E-state index contributed by atoms with van der Waals surface area (Å²) < 4.78 is 7.09. The summed E-state index contributed by atoms with van der Waals surface area (Å²) in [4.78, 5) is 12.4. The van der Waals surface area contributed by atoms with E-state index in [9.17, 15) is 4.79 Å². The number of aromatic nitrogens is 1. The van der Waals surface area contributed by atoms with Crippen LogP contribution in [0.3, 0.4) is 0 Å². The number of nitrogens with zero attached hydrogens (tertiary/aromatic N) is 2. The van der Waals surface area contributed by atoms with E-state index < -0.39 is 12.0 Å². The maximum absolute atomic E-state index is 12.4. The summed E-state index contributed by atoms with van der Waals surface area (Å²) in [5.74, 6) is -0.462. The fourth-order valence-electron chi connectivity index (χ4n) is 3.72. The fraction of sp³-hybridized carbons (Fsp3) is 0.0833. The second-order valence-corrected chi connectivity index (χ2v) is 6.56. The lowest BCUT2D eigenvalue weighted by Crippen LogP contribution is -2.19. The van der Waals surface area contributed by atoms with Gasteiger partial charge in [-0.3, -0.25) is 0 Å². The number of fused-ring (bicyclic) bond motifs is 3. The Bertz CT molecular complexity index is 1190. The van der Waals surface area contributed by atoms with Gasteiger partial charge in [0.25, 0.3) is 0 Å². The maximum atomic E-state index is 12.4. The standard InChI is InChI=1S/C24H18N2O2/c1-16(24(27)28-2)23(18-13-11-17(15-25)12-14-18)26-21-9-5-3-7-19(21)20-8-4-6-10-22(20)26/h3-14,23H,1H2,2H3. The average Bonchev–Trinajstić information content (AvgIpc) is 3.08. The van der Waals surface area contributed by atoms with Gasteiger partial charge in [0, 0.05) is 21.8 Å². The fourth-order valence-corrected chi connectivity index (χ4v) is 3.72. The van der Waals surface area contributed by atoms with Crippen LogP contribution in [0.4, 0.5) is 0 Å². The van der Waals surface area contributed by atoms with Crippen LogP contribution in [0, 0.1) is 11.3 Å². The zero-order chi connectivity index (χ0) is 19.7. The van der Waals surface area contributed by atoms with Crippen LogP contribution >= 0.6 is 0 Å². The van der Waals surface area contributed by atoms with E-state index in [1.54, 1.807) is 12.1 Å². The van der Waals surface area contributed by atoms with E-state index in [0.717, 1.165) is 27.4 Å². The van der Waals surface area contributed by atoms with Gasteiger partial charge in [0.15, 0.2) is 0 Å². The van der Waals surface area contributed by atoms with Gasteiger partial charge in [0.05, 0.1) is 30.4 Å². The molecule has 1 atom stereocenters. The van der Waals surface area contributed by atoms with Crippen molar-refractivity contribution in [1.82, 2.24) is 4.57 Å². The van der Waals surface area contributed by atoms with E-state index in [4.69, 9.17) is 10.00 Å². The number of benzene rings is 3. The first-order valence-electron chi connectivity index (χ1n) is 8.90. The Labute approximate surface area is 162 Å². The van der Waals surface area contributed by atoms with Crippen molar-refractivity contribution >= 4 is 27.8 Å². The molecule has 0 aliphatic heterocycles. The van der Waals surface area contributed by atoms with Crippen molar-refractivity contribution in [3.05, 3.63) is 96.1 Å². The number of hydrogen-bond donors (Lipinski definition) is 0. The number of rotatable bonds is 4. The van der Waals surface area contributed by atoms with Crippen molar-refractivity contribution in [2.24, 2.45) is 0 Å². The van der Waals surface area contributed by atoms with Gasteiger partial charge in [-0.2, -0.15) is 5.26 Å². The lowest BCUT2D eigenvalue weighted by Gasteiger charge is -2.23. The molecule has 136 valence electrons. The average molecular weight is 366 g/mol. The number of para-hydroxylation sites is 2. The van der Waals surface area contributed by atoms with Crippen LogP contribution in [0.25, 0.3) is 21.8 Å². The summed E-state index contributed by atoms with van der Waals surface area (Å²) in [6, 6.07) is 25.1. The summed E-state index contributed by atoms with van der Waals surface area (Å²) in [7, 11) is 1.36. The lowest BCUT2D eigenvalue weighted by molar-refractivity contribution is -0.136. The largest absolute Gasteiger partial charge is 0.466 e. The van der Waals surface area contributed by atoms with E-state index in [0.29, 0.717) is 11.1 Å². The molecule has 3 aromatic carbocycles. The highest BCUT2D eigenvalue weighted by Crippen LogP contribution is 2.37. The van der Waals surface area contributed by atoms with Crippen molar-refractivity contribution in [3.63, 3.8) is 0 Å². The molecule has 28 heavy (non-hydrogen) atoms. The van der Waals surface area contributed by atoms with E-state index in [2.05, 4.69) is 29.3 Å². The molecular weight excluding hydrogens is 348 g/mol. The second kappa shape index (κ2) is 7.05. The van der Waals surface area contributed by atoms with Crippen LogP contribution in [-0.2, 0) is 9.53 Å². The molecule has 4 nitrogen and oxygen atoms in total. The first kappa shape index (κ1) is 17.6. The van der Waals surface area contributed by atoms with Gasteiger partial charge in [0.1, 0.15) is 0 Å². The molecule has 4 aromatic rings. The normalized spacial score (nSPS) is 11.9. The molecule has 1 aromatic heterocycles. The van der Waals surface area contributed by atoms with Gasteiger partial charge in [0.2, 0.25) is 0 Å². The molecule has 0 spiro atoms. The van der Waals surface area contributed by atoms with E-state index in [-0.39, 0.29) is 0 Å². The van der Waals surface area contributed by atoms with Crippen molar-refractivity contribution in [3.8, 4) is 6.07 Å². The Balaban J connectivity index is 2.05. The Morgan fingerprint density at radius 2 is 1.50 bits per heavy atom. The number of esters is 1. The Kier molecular flexibility index (Phi) is 4.42. The zero-order valence-electron chi connectivity index (χ0n) is 15.4. The summed E-state index contributed by atoms with van der Waals surface area (Å²) in [6.07, 6.45) is 0. The molecule has 0 saturated carbocycles. The van der Waals surface area contributed by atoms with Crippen LogP contribution < -0.4 is 0 Å². The molecule has 0 bridgehead atoms. The predicted molar refractivity (Wildman–Crippen MR) is 110 cm³/mol. The Morgan fingerprint density at radius 3 is 2.00 bits per heavy atom. The first-order chi connectivity index (χ1) is 13.7. The molecule has 0 aliphatic rings. The molecule has 4 rings (SSSR count). The first-order valence-corrected chi connectivity index (χ1v) is 8.90. The highest BCUT2D eigenvalue weighted by atomic mass is 16.5. The van der Waals surface area contributed by atoms with E-state index in [1.807, 2.05) is 48.5 Å². The lowest BCUT2D eigenvalue weighted by atomic mass is 9.98. The molecule has 0 saturated heterocycles. The van der Waals surface area contributed by atoms with Crippen LogP contribution in [0.2, 0.25) is 0 Å². The van der Waals surface area contributed by atoms with Gasteiger partial charge in [-0.25, -0.2) is 4.79 Å². The third-order valence-electron chi connectivity index (χ3n) is 5.01. The van der Waals surface area contributed by atoms with Crippen LogP contribution in [0.5, 0.6) is 0 Å². The summed E-state index contributed by atoms with van der Waals surface area (Å²) in [5, 5.41) is 11.3. The van der Waals surface area contributed by atoms with Crippen molar-refractivity contribution < 1.29 is 9.53 Å². The SMILES string of the molecule is C=C(C(=O)OC)C(c1ccc(C#N)cc1)n1c2ccccc2c2ccccc21. The van der Waals surface area contributed by atoms with Crippen molar-refractivity contribution in [2.75, 3.05) is 7.11 Å². The van der Waals surface area contributed by atoms with Gasteiger partial charge < -0.3 is 9.30 Å². The second-order valence-electron chi connectivity index (χ2n) is 6.56. The smallest absolute Gasteiger partial charge is 0.335 e. The van der Waals surface area contributed by atoms with Gasteiger partial charge >= 0.3 is 5.97 Å². The molecule has 1 heterocycles. The molecule has 0 radical (unpaired) electrons. The minimum absolute atomic E-state index is 0.332. The number of carbonyl (C=O) groups is 1. The number of hydrogen-bond acceptors (Lipinski definition) is 3. The van der Waals surface area contributed by atoms with Crippen molar-refractivity contribution in [1.29, 1.82) is 5.26 Å². The quantitative estimate of drug-likeness (QED) is 0.378. The third kappa shape index (κ3) is 2.74. The Hall–Kier alpha value is -3.84. The van der Waals surface area contributed by atoms with E-state index >= 15 is 0 Å². The highest BCUT2D eigenvalue weighted by molar-refractivity contribution is 6.08. The van der Waals surface area contributed by atoms with Crippen LogP contribution in [0.15, 0.2) is 84.9 Å². The van der Waals surface area contributed by atoms with Gasteiger partial charge in [-0.1, -0.05) is 55.1 Å². The number of ether oxygens (including phenoxy) is 1. The van der Waals surface area contributed by atoms with Gasteiger partial charge in [-0.15, -0.1) is 0 Å². The molecule has 0 aliphatic carbocycles. The minimum atomic E-state index is -0.462. The number of nitriles is 1. The molecule has 0 N–H and O–H groups in total. The van der Waals surface area contributed by atoms with Crippen LogP contribution in [-0.4, -0.2) is 17.6 Å². The molecule has 0 amide bonds. The van der Waals surface area contributed by atoms with Crippen LogP contribution in [0.1, 0.15) is 17.2 Å². The Morgan fingerprint density at radius 1 is 0.964 bits per heavy atom. The minimum Gasteiger partial charge on any atom is -0.466 e. The third-order valence-corrected chi connectivity index (χ3v) is 5.01. The van der Waals surface area contributed by atoms with Gasteiger partial charge in [-0.05, 0) is 29.8 Å². The molecule has 0 fully saturated rings. The number of carbonyl (C=O) groups excluding carboxylic acids is 1. The molecular formula is C24H18N2O2.